The standard InChI is InChI=1S/C18H17BrN2O3/c1-24-17(23)12-6-7-15(20-11-12)16(22)21-18(8-3-9-18)13-4-2-5-14(19)10-13/h2,4-7,10-11H,3,8-9H2,1H3,(H,21,22). The van der Waals surface area contributed by atoms with Gasteiger partial charge in [-0.25, -0.2) is 4.79 Å². The van der Waals surface area contributed by atoms with Crippen molar-refractivity contribution in [3.05, 3.63) is 63.9 Å². The van der Waals surface area contributed by atoms with Gasteiger partial charge in [0, 0.05) is 10.7 Å². The summed E-state index contributed by atoms with van der Waals surface area (Å²) in [4.78, 5) is 28.1. The highest BCUT2D eigenvalue weighted by molar-refractivity contribution is 9.10. The third-order valence-corrected chi connectivity index (χ3v) is 4.85. The van der Waals surface area contributed by atoms with Crippen molar-refractivity contribution < 1.29 is 14.3 Å². The second-order valence-electron chi connectivity index (χ2n) is 5.82. The molecule has 0 spiro atoms. The second-order valence-corrected chi connectivity index (χ2v) is 6.74. The molecule has 0 aliphatic heterocycles. The van der Waals surface area contributed by atoms with Crippen molar-refractivity contribution in [3.63, 3.8) is 0 Å². The highest BCUT2D eigenvalue weighted by Gasteiger charge is 2.40. The molecule has 0 radical (unpaired) electrons. The molecule has 1 aliphatic carbocycles. The Morgan fingerprint density at radius 3 is 2.58 bits per heavy atom. The van der Waals surface area contributed by atoms with Crippen LogP contribution in [0.2, 0.25) is 0 Å². The van der Waals surface area contributed by atoms with Gasteiger partial charge in [0.15, 0.2) is 0 Å². The summed E-state index contributed by atoms with van der Waals surface area (Å²) in [6.45, 7) is 0. The van der Waals surface area contributed by atoms with E-state index in [0.29, 0.717) is 5.56 Å². The van der Waals surface area contributed by atoms with Gasteiger partial charge in [-0.2, -0.15) is 0 Å². The fourth-order valence-corrected chi connectivity index (χ4v) is 3.25. The maximum absolute atomic E-state index is 12.6. The van der Waals surface area contributed by atoms with E-state index in [4.69, 9.17) is 0 Å². The third kappa shape index (κ3) is 3.19. The van der Waals surface area contributed by atoms with Gasteiger partial charge in [-0.15, -0.1) is 0 Å². The molecular formula is C18H17BrN2O3. The fourth-order valence-electron chi connectivity index (χ4n) is 2.85. The van der Waals surface area contributed by atoms with Crippen LogP contribution in [0.1, 0.15) is 45.7 Å². The zero-order chi connectivity index (χ0) is 17.2. The number of halogens is 1. The zero-order valence-electron chi connectivity index (χ0n) is 13.2. The van der Waals surface area contributed by atoms with Crippen LogP contribution < -0.4 is 5.32 Å². The van der Waals surface area contributed by atoms with Crippen molar-refractivity contribution in [1.82, 2.24) is 10.3 Å². The Bertz CT molecular complexity index is 770. The lowest BCUT2D eigenvalue weighted by Crippen LogP contribution is -2.51. The lowest BCUT2D eigenvalue weighted by atomic mass is 9.71. The molecule has 1 aliphatic rings. The van der Waals surface area contributed by atoms with E-state index in [-0.39, 0.29) is 17.1 Å². The Balaban J connectivity index is 1.79. The van der Waals surface area contributed by atoms with Gasteiger partial charge >= 0.3 is 5.97 Å². The first kappa shape index (κ1) is 16.6. The lowest BCUT2D eigenvalue weighted by molar-refractivity contribution is 0.0599. The number of hydrogen-bond donors (Lipinski definition) is 1. The van der Waals surface area contributed by atoms with Gasteiger partial charge in [-0.3, -0.25) is 9.78 Å². The number of hydrogen-bond acceptors (Lipinski definition) is 4. The van der Waals surface area contributed by atoms with Crippen LogP contribution in [0, 0.1) is 0 Å². The molecule has 5 nitrogen and oxygen atoms in total. The van der Waals surface area contributed by atoms with Gasteiger partial charge in [0.25, 0.3) is 5.91 Å². The number of nitrogens with zero attached hydrogens (tertiary/aromatic N) is 1. The van der Waals surface area contributed by atoms with Crippen LogP contribution in [0.3, 0.4) is 0 Å². The van der Waals surface area contributed by atoms with Crippen molar-refractivity contribution in [3.8, 4) is 0 Å². The number of esters is 1. The van der Waals surface area contributed by atoms with E-state index in [1.54, 1.807) is 6.07 Å². The number of carbonyl (C=O) groups excluding carboxylic acids is 2. The molecule has 1 N–H and O–H groups in total. The molecule has 1 saturated carbocycles. The number of amides is 1. The Hall–Kier alpha value is -2.21. The molecule has 24 heavy (non-hydrogen) atoms. The monoisotopic (exact) mass is 388 g/mol. The van der Waals surface area contributed by atoms with E-state index in [0.717, 1.165) is 29.3 Å². The van der Waals surface area contributed by atoms with Crippen LogP contribution in [0.5, 0.6) is 0 Å². The predicted octanol–water partition coefficient (Wildman–Crippen LogP) is 3.44. The molecule has 1 aromatic heterocycles. The van der Waals surface area contributed by atoms with E-state index in [9.17, 15) is 9.59 Å². The van der Waals surface area contributed by atoms with Gasteiger partial charge < -0.3 is 10.1 Å². The summed E-state index contributed by atoms with van der Waals surface area (Å²) >= 11 is 3.48. The van der Waals surface area contributed by atoms with Crippen molar-refractivity contribution in [2.45, 2.75) is 24.8 Å². The summed E-state index contributed by atoms with van der Waals surface area (Å²) in [6, 6.07) is 11.1. The van der Waals surface area contributed by atoms with Gasteiger partial charge in [-0.1, -0.05) is 28.1 Å². The summed E-state index contributed by atoms with van der Waals surface area (Å²) < 4.78 is 5.62. The molecule has 2 aromatic rings. The SMILES string of the molecule is COC(=O)c1ccc(C(=O)NC2(c3cccc(Br)c3)CCC2)nc1. The molecule has 1 fully saturated rings. The molecule has 0 unspecified atom stereocenters. The summed E-state index contributed by atoms with van der Waals surface area (Å²) in [6.07, 6.45) is 4.22. The van der Waals surface area contributed by atoms with Crippen LogP contribution in [-0.2, 0) is 10.3 Å². The minimum Gasteiger partial charge on any atom is -0.465 e. The molecule has 3 rings (SSSR count). The molecule has 1 heterocycles. The number of pyridine rings is 1. The maximum atomic E-state index is 12.6. The van der Waals surface area contributed by atoms with Gasteiger partial charge in [0.1, 0.15) is 5.69 Å². The van der Waals surface area contributed by atoms with E-state index < -0.39 is 5.97 Å². The largest absolute Gasteiger partial charge is 0.465 e. The summed E-state index contributed by atoms with van der Waals surface area (Å²) in [5.41, 5.74) is 1.34. The number of rotatable bonds is 4. The first-order valence-electron chi connectivity index (χ1n) is 7.67. The quantitative estimate of drug-likeness (QED) is 0.814. The number of methoxy groups -OCH3 is 1. The number of aromatic nitrogens is 1. The highest BCUT2D eigenvalue weighted by atomic mass is 79.9. The number of nitrogens with one attached hydrogen (secondary N) is 1. The van der Waals surface area contributed by atoms with Crippen molar-refractivity contribution in [1.29, 1.82) is 0 Å². The van der Waals surface area contributed by atoms with Gasteiger partial charge in [0.05, 0.1) is 18.2 Å². The first-order valence-corrected chi connectivity index (χ1v) is 8.46. The number of carbonyl (C=O) groups is 2. The lowest BCUT2D eigenvalue weighted by Gasteiger charge is -2.43. The average Bonchev–Trinajstić information content (AvgIpc) is 2.57. The summed E-state index contributed by atoms with van der Waals surface area (Å²) in [5.74, 6) is -0.717. The van der Waals surface area contributed by atoms with Crippen LogP contribution in [-0.4, -0.2) is 24.0 Å². The molecule has 0 bridgehead atoms. The maximum Gasteiger partial charge on any atom is 0.339 e. The van der Waals surface area contributed by atoms with Crippen molar-refractivity contribution in [2.24, 2.45) is 0 Å². The Labute approximate surface area is 148 Å². The molecule has 0 atom stereocenters. The first-order chi connectivity index (χ1) is 11.5. The molecule has 1 amide bonds. The zero-order valence-corrected chi connectivity index (χ0v) is 14.8. The molecule has 0 saturated heterocycles. The third-order valence-electron chi connectivity index (χ3n) is 4.35. The normalized spacial score (nSPS) is 15.2. The Morgan fingerprint density at radius 2 is 2.04 bits per heavy atom. The molecule has 124 valence electrons. The molecule has 6 heteroatoms. The Kier molecular flexibility index (Phi) is 4.66. The van der Waals surface area contributed by atoms with E-state index in [1.807, 2.05) is 24.3 Å². The predicted molar refractivity (Wildman–Crippen MR) is 92.7 cm³/mol. The van der Waals surface area contributed by atoms with Crippen LogP contribution >= 0.6 is 15.9 Å². The topological polar surface area (TPSA) is 68.3 Å². The number of ether oxygens (including phenoxy) is 1. The second kappa shape index (κ2) is 6.73. The smallest absolute Gasteiger partial charge is 0.339 e. The van der Waals surface area contributed by atoms with Gasteiger partial charge in [0.2, 0.25) is 0 Å². The van der Waals surface area contributed by atoms with E-state index in [1.165, 1.54) is 19.4 Å². The van der Waals surface area contributed by atoms with E-state index in [2.05, 4.69) is 31.0 Å². The molecular weight excluding hydrogens is 372 g/mol. The summed E-state index contributed by atoms with van der Waals surface area (Å²) in [7, 11) is 1.31. The van der Waals surface area contributed by atoms with Crippen LogP contribution in [0.15, 0.2) is 47.1 Å². The van der Waals surface area contributed by atoms with Crippen molar-refractivity contribution >= 4 is 27.8 Å². The fraction of sp³-hybridized carbons (Fsp3) is 0.278. The van der Waals surface area contributed by atoms with Gasteiger partial charge in [-0.05, 0) is 49.1 Å². The minimum absolute atomic E-state index is 0.244. The Morgan fingerprint density at radius 1 is 1.25 bits per heavy atom. The van der Waals surface area contributed by atoms with Crippen molar-refractivity contribution in [2.75, 3.05) is 7.11 Å². The van der Waals surface area contributed by atoms with Crippen LogP contribution in [0.25, 0.3) is 0 Å². The van der Waals surface area contributed by atoms with Crippen LogP contribution in [0.4, 0.5) is 0 Å². The van der Waals surface area contributed by atoms with E-state index >= 15 is 0 Å². The average molecular weight is 389 g/mol. The summed E-state index contributed by atoms with van der Waals surface area (Å²) in [5, 5.41) is 3.11. The molecule has 1 aromatic carbocycles. The highest BCUT2D eigenvalue weighted by Crippen LogP contribution is 2.42. The number of benzene rings is 1. The minimum atomic E-state index is -0.473.